The van der Waals surface area contributed by atoms with Crippen LogP contribution in [0.25, 0.3) is 0 Å². The summed E-state index contributed by atoms with van der Waals surface area (Å²) in [5.74, 6) is -1.46. The first kappa shape index (κ1) is 18.2. The van der Waals surface area contributed by atoms with Crippen LogP contribution in [0.2, 0.25) is 0 Å². The molecule has 144 valence electrons. The van der Waals surface area contributed by atoms with E-state index >= 15 is 0 Å². The third kappa shape index (κ3) is 3.38. The largest absolute Gasteiger partial charge is 0.347 e. The van der Waals surface area contributed by atoms with Gasteiger partial charge >= 0.3 is 11.8 Å². The van der Waals surface area contributed by atoms with Crippen LogP contribution in [0.5, 0.6) is 0 Å². The van der Waals surface area contributed by atoms with Crippen LogP contribution in [0, 0.1) is 0 Å². The first-order chi connectivity index (χ1) is 13.5. The monoisotopic (exact) mass is 377 g/mol. The molecule has 0 fully saturated rings. The van der Waals surface area contributed by atoms with E-state index in [0.717, 1.165) is 41.8 Å². The van der Waals surface area contributed by atoms with Gasteiger partial charge in [0.25, 0.3) is 0 Å². The van der Waals surface area contributed by atoms with Gasteiger partial charge in [0.1, 0.15) is 0 Å². The van der Waals surface area contributed by atoms with Crippen molar-refractivity contribution in [1.29, 1.82) is 0 Å². The van der Waals surface area contributed by atoms with Crippen molar-refractivity contribution >= 4 is 29.1 Å². The highest BCUT2D eigenvalue weighted by Gasteiger charge is 2.38. The Hall–Kier alpha value is -3.15. The third-order valence-electron chi connectivity index (χ3n) is 5.43. The molecule has 0 spiro atoms. The molecule has 6 nitrogen and oxygen atoms in total. The van der Waals surface area contributed by atoms with Gasteiger partial charge in [-0.3, -0.25) is 14.4 Å². The van der Waals surface area contributed by atoms with Crippen LogP contribution in [0.15, 0.2) is 42.5 Å². The molecule has 3 amide bonds. The van der Waals surface area contributed by atoms with Crippen molar-refractivity contribution in [3.05, 3.63) is 59.2 Å². The van der Waals surface area contributed by atoms with E-state index in [4.69, 9.17) is 0 Å². The van der Waals surface area contributed by atoms with Crippen LogP contribution < -0.4 is 15.5 Å². The van der Waals surface area contributed by atoms with E-state index in [9.17, 15) is 14.4 Å². The Balaban J connectivity index is 1.41. The molecule has 0 aromatic heterocycles. The molecule has 2 N–H and O–H groups in total. The van der Waals surface area contributed by atoms with Gasteiger partial charge in [-0.25, -0.2) is 0 Å². The lowest BCUT2D eigenvalue weighted by molar-refractivity contribution is -0.136. The molecule has 2 aromatic carbocycles. The molecule has 2 aliphatic heterocycles. The number of nitrogens with zero attached hydrogens (tertiary/aromatic N) is 1. The normalized spacial score (nSPS) is 17.2. The molecule has 28 heavy (non-hydrogen) atoms. The fourth-order valence-corrected chi connectivity index (χ4v) is 4.00. The number of nitrogens with one attached hydrogen (secondary N) is 2. The number of hydrogen-bond donors (Lipinski definition) is 2. The van der Waals surface area contributed by atoms with Crippen molar-refractivity contribution in [3.63, 3.8) is 0 Å². The summed E-state index contributed by atoms with van der Waals surface area (Å²) in [5.41, 5.74) is 4.65. The molecule has 0 aliphatic carbocycles. The van der Waals surface area contributed by atoms with E-state index < -0.39 is 11.8 Å². The molecule has 0 radical (unpaired) electrons. The number of carbonyl (C=O) groups excluding carboxylic acids is 3. The lowest BCUT2D eigenvalue weighted by atomic mass is 9.96. The minimum absolute atomic E-state index is 0.109. The zero-order chi connectivity index (χ0) is 19.7. The van der Waals surface area contributed by atoms with Gasteiger partial charge in [-0.2, -0.15) is 0 Å². The lowest BCUT2D eigenvalue weighted by Gasteiger charge is -2.26. The van der Waals surface area contributed by atoms with Crippen molar-refractivity contribution in [3.8, 4) is 0 Å². The van der Waals surface area contributed by atoms with Gasteiger partial charge in [-0.15, -0.1) is 0 Å². The van der Waals surface area contributed by atoms with E-state index in [2.05, 4.69) is 10.6 Å². The maximum Gasteiger partial charge on any atom is 0.313 e. The van der Waals surface area contributed by atoms with Crippen molar-refractivity contribution in [2.75, 3.05) is 23.3 Å². The van der Waals surface area contributed by atoms with Crippen LogP contribution in [0.3, 0.4) is 0 Å². The summed E-state index contributed by atoms with van der Waals surface area (Å²) in [5, 5.41) is 5.34. The molecule has 0 bridgehead atoms. The van der Waals surface area contributed by atoms with Gasteiger partial charge in [0, 0.05) is 18.8 Å². The highest BCUT2D eigenvalue weighted by molar-refractivity contribution is 6.39. The Kier molecular flexibility index (Phi) is 4.86. The summed E-state index contributed by atoms with van der Waals surface area (Å²) in [6, 6.07) is 13.5. The molecule has 2 aromatic rings. The predicted octanol–water partition coefficient (Wildman–Crippen LogP) is 2.38. The first-order valence-corrected chi connectivity index (χ1v) is 9.66. The summed E-state index contributed by atoms with van der Waals surface area (Å²) in [7, 11) is 0. The van der Waals surface area contributed by atoms with Gasteiger partial charge in [-0.05, 0) is 55.0 Å². The molecule has 6 heteroatoms. The molecule has 4 rings (SSSR count). The van der Waals surface area contributed by atoms with Crippen molar-refractivity contribution < 1.29 is 14.4 Å². The van der Waals surface area contributed by atoms with Gasteiger partial charge in [0.15, 0.2) is 0 Å². The van der Waals surface area contributed by atoms with Crippen LogP contribution in [-0.2, 0) is 27.2 Å². The fraction of sp³-hybridized carbons (Fsp3) is 0.318. The minimum atomic E-state index is -0.690. The maximum atomic E-state index is 12.4. The zero-order valence-electron chi connectivity index (χ0n) is 15.8. The SMILES string of the molecule is C[C@H]1C(=O)N2CCCc3cc(NC(=O)C(=O)NCCc4ccccc4)cc1c32. The standard InChI is InChI=1S/C22H23N3O3/c1-14-18-13-17(12-16-8-5-11-25(19(16)18)22(14)28)24-21(27)20(26)23-10-9-15-6-3-2-4-7-15/h2-4,6-7,12-14H,5,8-11H2,1H3,(H,23,26)(H,24,27)/t14-/m1/s1. The van der Waals surface area contributed by atoms with E-state index in [0.29, 0.717) is 18.7 Å². The van der Waals surface area contributed by atoms with E-state index in [-0.39, 0.29) is 11.8 Å². The lowest BCUT2D eigenvalue weighted by Crippen LogP contribution is -2.36. The number of rotatable bonds is 4. The molecule has 1 atom stereocenters. The number of amides is 3. The highest BCUT2D eigenvalue weighted by atomic mass is 16.2. The Bertz CT molecular complexity index is 940. The second kappa shape index (κ2) is 7.46. The van der Waals surface area contributed by atoms with Crippen LogP contribution in [0.1, 0.15) is 36.0 Å². The number of anilines is 2. The molecule has 2 aliphatic rings. The minimum Gasteiger partial charge on any atom is -0.347 e. The van der Waals surface area contributed by atoms with E-state index in [1.54, 1.807) is 0 Å². The van der Waals surface area contributed by atoms with Crippen LogP contribution in [-0.4, -0.2) is 30.8 Å². The fourth-order valence-electron chi connectivity index (χ4n) is 4.00. The molecule has 2 heterocycles. The third-order valence-corrected chi connectivity index (χ3v) is 5.43. The van der Waals surface area contributed by atoms with Crippen molar-refractivity contribution in [2.45, 2.75) is 32.1 Å². The number of hydrogen-bond acceptors (Lipinski definition) is 3. The summed E-state index contributed by atoms with van der Waals surface area (Å²) in [6.45, 7) is 3.03. The van der Waals surface area contributed by atoms with E-state index in [1.807, 2.05) is 54.3 Å². The summed E-state index contributed by atoms with van der Waals surface area (Å²) < 4.78 is 0. The topological polar surface area (TPSA) is 78.5 Å². The maximum absolute atomic E-state index is 12.4. The van der Waals surface area contributed by atoms with E-state index in [1.165, 1.54) is 0 Å². The smallest absolute Gasteiger partial charge is 0.313 e. The number of carbonyl (C=O) groups is 3. The van der Waals surface area contributed by atoms with Gasteiger partial charge in [0.05, 0.1) is 11.6 Å². The first-order valence-electron chi connectivity index (χ1n) is 9.66. The Labute approximate surface area is 163 Å². The quantitative estimate of drug-likeness (QED) is 0.803. The van der Waals surface area contributed by atoms with Crippen LogP contribution >= 0.6 is 0 Å². The van der Waals surface area contributed by atoms with Crippen molar-refractivity contribution in [1.82, 2.24) is 5.32 Å². The Morgan fingerprint density at radius 3 is 2.71 bits per heavy atom. The van der Waals surface area contributed by atoms with Gasteiger partial charge < -0.3 is 15.5 Å². The Morgan fingerprint density at radius 2 is 1.93 bits per heavy atom. The second-order valence-electron chi connectivity index (χ2n) is 7.33. The molecule has 0 saturated heterocycles. The average Bonchev–Trinajstić information content (AvgIpc) is 2.95. The summed E-state index contributed by atoms with van der Waals surface area (Å²) >= 11 is 0. The predicted molar refractivity (Wildman–Crippen MR) is 107 cm³/mol. The van der Waals surface area contributed by atoms with Gasteiger partial charge in [-0.1, -0.05) is 30.3 Å². The van der Waals surface area contributed by atoms with Crippen molar-refractivity contribution in [2.24, 2.45) is 0 Å². The summed E-state index contributed by atoms with van der Waals surface area (Å²) in [6.07, 6.45) is 2.44. The van der Waals surface area contributed by atoms with Crippen LogP contribution in [0.4, 0.5) is 11.4 Å². The zero-order valence-corrected chi connectivity index (χ0v) is 15.8. The average molecular weight is 377 g/mol. The molecule has 0 saturated carbocycles. The molecular weight excluding hydrogens is 354 g/mol. The number of benzene rings is 2. The second-order valence-corrected chi connectivity index (χ2v) is 7.33. The Morgan fingerprint density at radius 1 is 1.14 bits per heavy atom. The summed E-state index contributed by atoms with van der Waals surface area (Å²) in [4.78, 5) is 38.7. The number of aryl methyl sites for hydroxylation is 1. The van der Waals surface area contributed by atoms with Gasteiger partial charge in [0.2, 0.25) is 5.91 Å². The highest BCUT2D eigenvalue weighted by Crippen LogP contribution is 2.44. The molecule has 0 unspecified atom stereocenters. The molecular formula is C22H23N3O3.